The van der Waals surface area contributed by atoms with Crippen LogP contribution >= 0.6 is 0 Å². The fourth-order valence-electron chi connectivity index (χ4n) is 2.53. The summed E-state index contributed by atoms with van der Waals surface area (Å²) in [7, 11) is 0. The number of likely N-dealkylation sites (tertiary alicyclic amines) is 1. The molecule has 2 rings (SSSR count). The van der Waals surface area contributed by atoms with Crippen molar-refractivity contribution in [1.29, 1.82) is 0 Å². The number of unbranched alkanes of at least 4 members (excludes halogenated alkanes) is 1. The molecule has 0 aliphatic carbocycles. The van der Waals surface area contributed by atoms with E-state index in [-0.39, 0.29) is 4.65 Å². The quantitative estimate of drug-likeness (QED) is 0.797. The molecule has 1 N–H and O–H groups in total. The first-order chi connectivity index (χ1) is 7.73. The average Bonchev–Trinajstić information content (AvgIpc) is 2.81. The van der Waals surface area contributed by atoms with Crippen LogP contribution in [0.5, 0.6) is 0 Å². The second-order valence-corrected chi connectivity index (χ2v) is 4.91. The van der Waals surface area contributed by atoms with Crippen LogP contribution in [0.25, 0.3) is 0 Å². The van der Waals surface area contributed by atoms with Gasteiger partial charge in [0.15, 0.2) is 0 Å². The largest absolute Gasteiger partial charge is 0.469 e. The molecule has 0 bridgehead atoms. The molecule has 0 atom stereocenters. The van der Waals surface area contributed by atoms with E-state index in [0.717, 1.165) is 51.1 Å². The Kier molecular flexibility index (Phi) is 3.66. The Hall–Kier alpha value is -0.800. The smallest absolute Gasteiger partial charge is 0.109 e. The van der Waals surface area contributed by atoms with E-state index in [9.17, 15) is 5.21 Å². The molecule has 0 spiro atoms. The van der Waals surface area contributed by atoms with Gasteiger partial charge < -0.3 is 4.42 Å². The van der Waals surface area contributed by atoms with Crippen molar-refractivity contribution in [3.05, 3.63) is 24.2 Å². The monoisotopic (exact) mass is 224 g/mol. The van der Waals surface area contributed by atoms with Gasteiger partial charge in [0.1, 0.15) is 25.4 Å². The highest BCUT2D eigenvalue weighted by Crippen LogP contribution is 2.30. The second kappa shape index (κ2) is 5.02. The fraction of sp³-hybridized carbons (Fsp3) is 0.692. The summed E-state index contributed by atoms with van der Waals surface area (Å²) in [4.78, 5) is 0. The van der Waals surface area contributed by atoms with Crippen LogP contribution in [0.4, 0.5) is 0 Å². The lowest BCUT2D eigenvalue weighted by molar-refractivity contribution is -1.10. The number of piperidine rings is 1. The van der Waals surface area contributed by atoms with Crippen LogP contribution in [-0.4, -0.2) is 29.5 Å². The van der Waals surface area contributed by atoms with Gasteiger partial charge >= 0.3 is 0 Å². The molecule has 3 heteroatoms. The van der Waals surface area contributed by atoms with Crippen molar-refractivity contribution in [3.8, 4) is 0 Å². The summed E-state index contributed by atoms with van der Waals surface area (Å²) in [5.41, 5.74) is 0. The first-order valence-corrected chi connectivity index (χ1v) is 6.36. The fourth-order valence-corrected chi connectivity index (χ4v) is 2.53. The molecule has 1 aliphatic rings. The number of furan rings is 1. The molecule has 1 aromatic rings. The standard InChI is InChI=1S/C13H22NO2/c1-2-3-8-14(15)9-6-12(7-10-14)13-5-4-11-16-13/h4-5,11-12,15H,2-3,6-10H2,1H3/q+1. The summed E-state index contributed by atoms with van der Waals surface area (Å²) in [6.07, 6.45) is 6.08. The van der Waals surface area contributed by atoms with Crippen molar-refractivity contribution in [2.75, 3.05) is 19.6 Å². The summed E-state index contributed by atoms with van der Waals surface area (Å²) in [5, 5.41) is 10.3. The minimum Gasteiger partial charge on any atom is -0.469 e. The van der Waals surface area contributed by atoms with Crippen LogP contribution in [0, 0.1) is 0 Å². The van der Waals surface area contributed by atoms with E-state index in [1.165, 1.54) is 0 Å². The number of hydrogen-bond acceptors (Lipinski definition) is 2. The molecule has 0 saturated carbocycles. The number of quaternary nitrogens is 1. The van der Waals surface area contributed by atoms with Gasteiger partial charge in [0, 0.05) is 18.8 Å². The van der Waals surface area contributed by atoms with E-state index in [2.05, 4.69) is 6.92 Å². The third-order valence-electron chi connectivity index (χ3n) is 3.66. The minimum absolute atomic E-state index is 0.269. The SMILES string of the molecule is CCCC[N+]1(O)CCC(c2ccco2)CC1. The third-order valence-corrected chi connectivity index (χ3v) is 3.66. The van der Waals surface area contributed by atoms with Gasteiger partial charge in [0.25, 0.3) is 0 Å². The Labute approximate surface area is 97.2 Å². The van der Waals surface area contributed by atoms with Gasteiger partial charge in [-0.15, -0.1) is 0 Å². The van der Waals surface area contributed by atoms with Crippen LogP contribution in [0.2, 0.25) is 0 Å². The Balaban J connectivity index is 1.86. The average molecular weight is 224 g/mol. The molecule has 0 amide bonds. The summed E-state index contributed by atoms with van der Waals surface area (Å²) >= 11 is 0. The van der Waals surface area contributed by atoms with Crippen molar-refractivity contribution < 1.29 is 14.3 Å². The van der Waals surface area contributed by atoms with Gasteiger partial charge in [-0.1, -0.05) is 13.3 Å². The lowest BCUT2D eigenvalue weighted by Gasteiger charge is -2.36. The molecule has 1 aliphatic heterocycles. The first-order valence-electron chi connectivity index (χ1n) is 6.36. The summed E-state index contributed by atoms with van der Waals surface area (Å²) in [6, 6.07) is 4.00. The highest BCUT2D eigenvalue weighted by Gasteiger charge is 2.33. The molecule has 1 fully saturated rings. The number of hydrogen-bond donors (Lipinski definition) is 1. The van der Waals surface area contributed by atoms with Crippen LogP contribution in [0.15, 0.2) is 22.8 Å². The molecule has 2 heterocycles. The molecule has 90 valence electrons. The molecule has 0 aromatic carbocycles. The Morgan fingerprint density at radius 3 is 2.75 bits per heavy atom. The van der Waals surface area contributed by atoms with Gasteiger partial charge in [0.05, 0.1) is 6.26 Å². The van der Waals surface area contributed by atoms with E-state index in [1.54, 1.807) is 6.26 Å². The topological polar surface area (TPSA) is 33.4 Å². The van der Waals surface area contributed by atoms with Gasteiger partial charge in [-0.2, -0.15) is 4.65 Å². The zero-order valence-corrected chi connectivity index (χ0v) is 10.1. The van der Waals surface area contributed by atoms with Crippen molar-refractivity contribution in [3.63, 3.8) is 0 Å². The summed E-state index contributed by atoms with van der Waals surface area (Å²) in [6.45, 7) is 4.81. The molecule has 1 aromatic heterocycles. The maximum Gasteiger partial charge on any atom is 0.109 e. The Morgan fingerprint density at radius 1 is 1.44 bits per heavy atom. The van der Waals surface area contributed by atoms with Gasteiger partial charge in [-0.05, 0) is 18.6 Å². The lowest BCUT2D eigenvalue weighted by atomic mass is 9.94. The zero-order chi connectivity index (χ0) is 11.4. The third kappa shape index (κ3) is 2.66. The molecule has 3 nitrogen and oxygen atoms in total. The normalized spacial score (nSPS) is 30.5. The predicted octanol–water partition coefficient (Wildman–Crippen LogP) is 3.16. The van der Waals surface area contributed by atoms with Gasteiger partial charge in [-0.3, -0.25) is 0 Å². The van der Waals surface area contributed by atoms with Gasteiger partial charge in [-0.25, -0.2) is 5.21 Å². The van der Waals surface area contributed by atoms with Crippen LogP contribution < -0.4 is 0 Å². The molecular weight excluding hydrogens is 202 g/mol. The molecule has 1 saturated heterocycles. The van der Waals surface area contributed by atoms with Crippen molar-refractivity contribution in [2.24, 2.45) is 0 Å². The molecule has 0 unspecified atom stereocenters. The highest BCUT2D eigenvalue weighted by atomic mass is 16.5. The van der Waals surface area contributed by atoms with E-state index in [4.69, 9.17) is 4.42 Å². The Morgan fingerprint density at radius 2 is 2.19 bits per heavy atom. The zero-order valence-electron chi connectivity index (χ0n) is 10.1. The highest BCUT2D eigenvalue weighted by molar-refractivity contribution is 5.05. The van der Waals surface area contributed by atoms with E-state index in [0.29, 0.717) is 5.92 Å². The minimum atomic E-state index is 0.269. The second-order valence-electron chi connectivity index (χ2n) is 4.91. The predicted molar refractivity (Wildman–Crippen MR) is 62.2 cm³/mol. The molecular formula is C13H22NO2+. The van der Waals surface area contributed by atoms with Crippen molar-refractivity contribution in [2.45, 2.75) is 38.5 Å². The Bertz CT molecular complexity index is 300. The van der Waals surface area contributed by atoms with E-state index in [1.807, 2.05) is 12.1 Å². The maximum absolute atomic E-state index is 10.3. The van der Waals surface area contributed by atoms with Crippen LogP contribution in [0.3, 0.4) is 0 Å². The molecule has 0 radical (unpaired) electrons. The van der Waals surface area contributed by atoms with Gasteiger partial charge in [0.2, 0.25) is 0 Å². The van der Waals surface area contributed by atoms with Crippen molar-refractivity contribution >= 4 is 0 Å². The maximum atomic E-state index is 10.3. The van der Waals surface area contributed by atoms with E-state index >= 15 is 0 Å². The first kappa shape index (κ1) is 11.7. The summed E-state index contributed by atoms with van der Waals surface area (Å²) < 4.78 is 5.70. The number of nitrogens with zero attached hydrogens (tertiary/aromatic N) is 1. The van der Waals surface area contributed by atoms with Crippen LogP contribution in [-0.2, 0) is 0 Å². The van der Waals surface area contributed by atoms with Crippen LogP contribution in [0.1, 0.15) is 44.3 Å². The number of rotatable bonds is 4. The molecule has 16 heavy (non-hydrogen) atoms. The van der Waals surface area contributed by atoms with E-state index < -0.39 is 0 Å². The lowest BCUT2D eigenvalue weighted by Crippen LogP contribution is -2.50. The number of hydroxylamine groups is 3. The summed E-state index contributed by atoms with van der Waals surface area (Å²) in [5.74, 6) is 1.59. The van der Waals surface area contributed by atoms with Crippen molar-refractivity contribution in [1.82, 2.24) is 0 Å².